The van der Waals surface area contributed by atoms with E-state index in [4.69, 9.17) is 9.97 Å². The minimum absolute atomic E-state index is 0.668. The molecule has 0 saturated carbocycles. The van der Waals surface area contributed by atoms with Crippen LogP contribution in [0.25, 0.3) is 165 Å². The van der Waals surface area contributed by atoms with E-state index in [0.29, 0.717) is 5.82 Å². The van der Waals surface area contributed by atoms with Gasteiger partial charge in [-0.2, -0.15) is 0 Å². The van der Waals surface area contributed by atoms with Crippen LogP contribution < -0.4 is 0 Å². The van der Waals surface area contributed by atoms with E-state index in [1.807, 2.05) is 6.20 Å². The summed E-state index contributed by atoms with van der Waals surface area (Å²) in [6.07, 6.45) is 1.98. The van der Waals surface area contributed by atoms with Crippen LogP contribution in [0.15, 0.2) is 291 Å². The molecular weight excluding hydrogens is 1020 g/mol. The van der Waals surface area contributed by atoms with Crippen LogP contribution in [-0.2, 0) is 0 Å². The molecule has 6 heteroatoms. The fourth-order valence-corrected chi connectivity index (χ4v) is 13.8. The molecule has 6 nitrogen and oxygen atoms in total. The molecule has 18 rings (SSSR count). The summed E-state index contributed by atoms with van der Waals surface area (Å²) < 4.78 is 9.63. The monoisotopic (exact) mass is 1070 g/mol. The van der Waals surface area contributed by atoms with Gasteiger partial charge in [0, 0.05) is 88.4 Å². The van der Waals surface area contributed by atoms with Crippen LogP contribution in [0.2, 0.25) is 0 Å². The molecule has 0 aliphatic carbocycles. The summed E-state index contributed by atoms with van der Waals surface area (Å²) in [6, 6.07) is 104. The van der Waals surface area contributed by atoms with Gasteiger partial charge in [0.15, 0.2) is 5.82 Å². The van der Waals surface area contributed by atoms with E-state index in [1.165, 1.54) is 87.4 Å². The van der Waals surface area contributed by atoms with Crippen LogP contribution in [0.1, 0.15) is 0 Å². The van der Waals surface area contributed by atoms with Gasteiger partial charge >= 0.3 is 0 Å². The van der Waals surface area contributed by atoms with Gasteiger partial charge in [-0.1, -0.05) is 170 Å². The van der Waals surface area contributed by atoms with Crippen molar-refractivity contribution in [3.8, 4) is 56.4 Å². The summed E-state index contributed by atoms with van der Waals surface area (Å²) in [5.41, 5.74) is 20.1. The minimum Gasteiger partial charge on any atom is -0.309 e. The molecule has 5 heterocycles. The number of para-hydroxylation sites is 6. The SMILES string of the molecule is c1ccc(-n2c3ccccc3c3cc(-c4ccc5c(c4)c4ccccc4n5-c4cc(-c5ncc6ccc7ccccc7c6n5)cc(-n5c6ccccc6c6cc(-c7ccc8c(c7)c7ccccc7n8-c7ccccc7)ccc65)c4)ccc32)cc1. The minimum atomic E-state index is 0.668. The molecule has 0 bridgehead atoms. The standard InChI is InChI=1S/C78H48N6/c1-3-18-56(19-4-1)81-69-27-13-9-23-61(69)65-43-50(33-37-73(65)81)52-35-39-75-67(45-52)63-25-11-15-29-71(63)83(75)58-41-55(78-79-48-54-32-31-49-17-7-8-22-60(49)77(54)80-78)42-59(47-58)84-72-30-16-12-26-64(72)68-46-53(36-40-76(68)84)51-34-38-74-66(44-51)62-24-10-14-28-70(62)82(74)57-20-5-2-6-21-57/h1-48H. The molecule has 0 aliphatic heterocycles. The Morgan fingerprint density at radius 1 is 0.214 bits per heavy atom. The topological polar surface area (TPSA) is 45.5 Å². The summed E-state index contributed by atoms with van der Waals surface area (Å²) in [7, 11) is 0. The lowest BCUT2D eigenvalue weighted by Gasteiger charge is -2.16. The van der Waals surface area contributed by atoms with Gasteiger partial charge in [-0.25, -0.2) is 9.97 Å². The second kappa shape index (κ2) is 18.1. The predicted octanol–water partition coefficient (Wildman–Crippen LogP) is 20.2. The Labute approximate surface area is 482 Å². The van der Waals surface area contributed by atoms with Gasteiger partial charge in [-0.05, 0) is 143 Å². The Morgan fingerprint density at radius 3 is 0.964 bits per heavy atom. The fourth-order valence-electron chi connectivity index (χ4n) is 13.8. The van der Waals surface area contributed by atoms with E-state index in [0.717, 1.165) is 72.1 Å². The van der Waals surface area contributed by atoms with Crippen molar-refractivity contribution in [1.82, 2.24) is 28.2 Å². The zero-order valence-electron chi connectivity index (χ0n) is 45.4. The van der Waals surface area contributed by atoms with Crippen LogP contribution in [0, 0.1) is 0 Å². The van der Waals surface area contributed by atoms with Crippen molar-refractivity contribution >= 4 is 109 Å². The summed E-state index contributed by atoms with van der Waals surface area (Å²) in [5.74, 6) is 0.668. The van der Waals surface area contributed by atoms with Crippen molar-refractivity contribution in [2.45, 2.75) is 0 Å². The highest BCUT2D eigenvalue weighted by Gasteiger charge is 2.22. The summed E-state index contributed by atoms with van der Waals surface area (Å²) >= 11 is 0. The number of rotatable bonds is 7. The molecular formula is C78H48N6. The van der Waals surface area contributed by atoms with Crippen molar-refractivity contribution in [2.75, 3.05) is 0 Å². The smallest absolute Gasteiger partial charge is 0.159 e. The molecule has 0 spiro atoms. The third-order valence-electron chi connectivity index (χ3n) is 17.5. The second-order valence-corrected chi connectivity index (χ2v) is 22.2. The number of hydrogen-bond donors (Lipinski definition) is 0. The quantitative estimate of drug-likeness (QED) is 0.149. The van der Waals surface area contributed by atoms with Gasteiger partial charge < -0.3 is 18.3 Å². The molecule has 0 N–H and O–H groups in total. The van der Waals surface area contributed by atoms with Gasteiger partial charge in [-0.15, -0.1) is 0 Å². The molecule has 0 unspecified atom stereocenters. The summed E-state index contributed by atoms with van der Waals surface area (Å²) in [6.45, 7) is 0. The number of benzene rings is 13. The molecule has 13 aromatic carbocycles. The van der Waals surface area contributed by atoms with Crippen LogP contribution >= 0.6 is 0 Å². The molecule has 390 valence electrons. The van der Waals surface area contributed by atoms with Gasteiger partial charge in [0.05, 0.1) is 49.7 Å². The van der Waals surface area contributed by atoms with Crippen molar-refractivity contribution < 1.29 is 0 Å². The first kappa shape index (κ1) is 46.4. The number of fused-ring (bicyclic) bond motifs is 15. The van der Waals surface area contributed by atoms with Gasteiger partial charge in [0.1, 0.15) is 0 Å². The van der Waals surface area contributed by atoms with E-state index in [2.05, 4.69) is 303 Å². The lowest BCUT2D eigenvalue weighted by molar-refractivity contribution is 1.13. The lowest BCUT2D eigenvalue weighted by atomic mass is 10.0. The third-order valence-corrected chi connectivity index (χ3v) is 17.5. The third kappa shape index (κ3) is 6.98. The Balaban J connectivity index is 0.831. The average molecular weight is 1070 g/mol. The van der Waals surface area contributed by atoms with Crippen LogP contribution in [0.5, 0.6) is 0 Å². The molecule has 0 fully saturated rings. The molecule has 5 aromatic heterocycles. The first-order valence-electron chi connectivity index (χ1n) is 28.7. The van der Waals surface area contributed by atoms with Gasteiger partial charge in [0.2, 0.25) is 0 Å². The zero-order chi connectivity index (χ0) is 55.0. The molecule has 0 saturated heterocycles. The highest BCUT2D eigenvalue weighted by Crippen LogP contribution is 2.43. The van der Waals surface area contributed by atoms with Crippen LogP contribution in [0.4, 0.5) is 0 Å². The molecule has 0 amide bonds. The molecule has 0 aliphatic rings. The molecule has 84 heavy (non-hydrogen) atoms. The van der Waals surface area contributed by atoms with Gasteiger partial charge in [0.25, 0.3) is 0 Å². The van der Waals surface area contributed by atoms with Gasteiger partial charge in [-0.3, -0.25) is 0 Å². The Morgan fingerprint density at radius 2 is 0.548 bits per heavy atom. The summed E-state index contributed by atoms with van der Waals surface area (Å²) in [4.78, 5) is 10.6. The van der Waals surface area contributed by atoms with Crippen molar-refractivity contribution in [1.29, 1.82) is 0 Å². The summed E-state index contributed by atoms with van der Waals surface area (Å²) in [5, 5.41) is 12.9. The maximum atomic E-state index is 5.44. The van der Waals surface area contributed by atoms with Crippen molar-refractivity contribution in [3.63, 3.8) is 0 Å². The predicted molar refractivity (Wildman–Crippen MR) is 351 cm³/mol. The van der Waals surface area contributed by atoms with Crippen LogP contribution in [0.3, 0.4) is 0 Å². The van der Waals surface area contributed by atoms with E-state index in [9.17, 15) is 0 Å². The molecule has 0 atom stereocenters. The molecule has 18 aromatic rings. The maximum absolute atomic E-state index is 5.44. The maximum Gasteiger partial charge on any atom is 0.159 e. The fraction of sp³-hybridized carbons (Fsp3) is 0. The van der Waals surface area contributed by atoms with Crippen molar-refractivity contribution in [2.24, 2.45) is 0 Å². The first-order valence-corrected chi connectivity index (χ1v) is 28.7. The first-order chi connectivity index (χ1) is 41.6. The Bertz CT molecular complexity index is 5450. The number of aromatic nitrogens is 6. The lowest BCUT2D eigenvalue weighted by Crippen LogP contribution is -2.01. The Kier molecular flexibility index (Phi) is 9.99. The van der Waals surface area contributed by atoms with E-state index >= 15 is 0 Å². The number of nitrogens with zero attached hydrogens (tertiary/aromatic N) is 6. The second-order valence-electron chi connectivity index (χ2n) is 22.2. The number of hydrogen-bond acceptors (Lipinski definition) is 2. The Hall–Kier alpha value is -11.3. The van der Waals surface area contributed by atoms with Crippen LogP contribution in [-0.4, -0.2) is 28.2 Å². The van der Waals surface area contributed by atoms with E-state index in [-0.39, 0.29) is 0 Å². The van der Waals surface area contributed by atoms with E-state index < -0.39 is 0 Å². The average Bonchev–Trinajstić information content (AvgIpc) is 3.60. The largest absolute Gasteiger partial charge is 0.309 e. The van der Waals surface area contributed by atoms with Crippen molar-refractivity contribution in [3.05, 3.63) is 291 Å². The normalized spacial score (nSPS) is 12.0. The zero-order valence-corrected chi connectivity index (χ0v) is 45.4. The van der Waals surface area contributed by atoms with E-state index in [1.54, 1.807) is 0 Å². The highest BCUT2D eigenvalue weighted by molar-refractivity contribution is 6.15. The molecule has 0 radical (unpaired) electrons. The highest BCUT2D eigenvalue weighted by atomic mass is 15.0.